The third kappa shape index (κ3) is 5.53. The number of carbonyl (C=O) groups is 1. The Morgan fingerprint density at radius 3 is 2.74 bits per heavy atom. The molecule has 1 aromatic heterocycles. The zero-order chi connectivity index (χ0) is 22.4. The molecule has 0 radical (unpaired) electrons. The summed E-state index contributed by atoms with van der Waals surface area (Å²) < 4.78 is 32.3. The van der Waals surface area contributed by atoms with Crippen LogP contribution in [-0.4, -0.2) is 39.5 Å². The van der Waals surface area contributed by atoms with Crippen LogP contribution in [0.3, 0.4) is 0 Å². The van der Waals surface area contributed by atoms with Crippen LogP contribution in [0.25, 0.3) is 17.0 Å². The van der Waals surface area contributed by atoms with Gasteiger partial charge in [-0.2, -0.15) is 0 Å². The van der Waals surface area contributed by atoms with E-state index in [9.17, 15) is 13.2 Å². The second kappa shape index (κ2) is 9.80. The van der Waals surface area contributed by atoms with E-state index in [-0.39, 0.29) is 23.1 Å². The summed E-state index contributed by atoms with van der Waals surface area (Å²) in [4.78, 5) is 15.5. The van der Waals surface area contributed by atoms with E-state index in [0.29, 0.717) is 18.5 Å². The van der Waals surface area contributed by atoms with Gasteiger partial charge in [-0.25, -0.2) is 13.1 Å². The summed E-state index contributed by atoms with van der Waals surface area (Å²) in [5.74, 6) is -0.000863. The molecule has 3 aromatic rings. The highest BCUT2D eigenvalue weighted by Crippen LogP contribution is 2.25. The van der Waals surface area contributed by atoms with Gasteiger partial charge >= 0.3 is 0 Å². The van der Waals surface area contributed by atoms with Gasteiger partial charge in [-0.1, -0.05) is 25.1 Å². The van der Waals surface area contributed by atoms with Crippen LogP contribution in [0.5, 0.6) is 5.75 Å². The minimum Gasteiger partial charge on any atom is -0.495 e. The van der Waals surface area contributed by atoms with Crippen molar-refractivity contribution in [1.82, 2.24) is 15.0 Å². The summed E-state index contributed by atoms with van der Waals surface area (Å²) in [6.07, 6.45) is 5.64. The lowest BCUT2D eigenvalue weighted by Gasteiger charge is -2.10. The van der Waals surface area contributed by atoms with Crippen molar-refractivity contribution in [2.75, 3.05) is 20.2 Å². The Labute approximate surface area is 182 Å². The molecule has 0 saturated carbocycles. The predicted molar refractivity (Wildman–Crippen MR) is 123 cm³/mol. The lowest BCUT2D eigenvalue weighted by atomic mass is 10.1. The zero-order valence-electron chi connectivity index (χ0n) is 17.9. The second-order valence-electron chi connectivity index (χ2n) is 7.15. The molecule has 0 aliphatic rings. The second-order valence-corrected chi connectivity index (χ2v) is 8.88. The standard InChI is InChI=1S/C23H27N3O4S/c1-4-26-31(28,29)22-14-17(6-9-21(22)30-3)7-10-23(27)24-12-11-18-15-25-20-13-16(2)5-8-19(18)20/h5-10,13-15,25-26H,4,11-12H2,1-3H3,(H,24,27)/b10-7+. The summed E-state index contributed by atoms with van der Waals surface area (Å²) in [7, 11) is -2.27. The minimum absolute atomic E-state index is 0.0361. The third-order valence-corrected chi connectivity index (χ3v) is 6.42. The molecule has 0 saturated heterocycles. The first-order chi connectivity index (χ1) is 14.8. The number of fused-ring (bicyclic) bond motifs is 1. The van der Waals surface area contributed by atoms with Crippen LogP contribution in [0, 0.1) is 6.92 Å². The molecule has 3 rings (SSSR count). The number of aromatic nitrogens is 1. The minimum atomic E-state index is -3.69. The summed E-state index contributed by atoms with van der Waals surface area (Å²) >= 11 is 0. The molecule has 0 aliphatic heterocycles. The van der Waals surface area contributed by atoms with E-state index in [1.54, 1.807) is 25.1 Å². The number of hydrogen-bond donors (Lipinski definition) is 3. The number of aromatic amines is 1. The number of rotatable bonds is 9. The smallest absolute Gasteiger partial charge is 0.244 e. The van der Waals surface area contributed by atoms with E-state index in [2.05, 4.69) is 33.2 Å². The monoisotopic (exact) mass is 441 g/mol. The Bertz CT molecular complexity index is 1210. The van der Waals surface area contributed by atoms with Crippen LogP contribution in [0.4, 0.5) is 0 Å². The zero-order valence-corrected chi connectivity index (χ0v) is 18.7. The summed E-state index contributed by atoms with van der Waals surface area (Å²) in [6, 6.07) is 11.0. The van der Waals surface area contributed by atoms with E-state index < -0.39 is 10.0 Å². The fourth-order valence-corrected chi connectivity index (χ4v) is 4.58. The van der Waals surface area contributed by atoms with Crippen LogP contribution < -0.4 is 14.8 Å². The van der Waals surface area contributed by atoms with Crippen LogP contribution in [0.2, 0.25) is 0 Å². The Morgan fingerprint density at radius 1 is 1.19 bits per heavy atom. The molecule has 3 N–H and O–H groups in total. The number of ether oxygens (including phenoxy) is 1. The predicted octanol–water partition coefficient (Wildman–Crippen LogP) is 3.16. The number of amides is 1. The van der Waals surface area contributed by atoms with Crippen molar-refractivity contribution in [3.05, 3.63) is 65.4 Å². The molecule has 31 heavy (non-hydrogen) atoms. The Hall–Kier alpha value is -3.10. The van der Waals surface area contributed by atoms with Gasteiger partial charge in [-0.15, -0.1) is 0 Å². The van der Waals surface area contributed by atoms with Crippen molar-refractivity contribution < 1.29 is 17.9 Å². The number of sulfonamides is 1. The van der Waals surface area contributed by atoms with Gasteiger partial charge in [0.05, 0.1) is 7.11 Å². The molecule has 1 heterocycles. The van der Waals surface area contributed by atoms with Crippen LogP contribution in [0.15, 0.2) is 53.6 Å². The number of hydrogen-bond acceptors (Lipinski definition) is 4. The highest BCUT2D eigenvalue weighted by Gasteiger charge is 2.18. The van der Waals surface area contributed by atoms with Gasteiger partial charge in [-0.05, 0) is 54.3 Å². The van der Waals surface area contributed by atoms with Gasteiger partial charge in [-0.3, -0.25) is 4.79 Å². The number of methoxy groups -OCH3 is 1. The lowest BCUT2D eigenvalue weighted by molar-refractivity contribution is -0.116. The highest BCUT2D eigenvalue weighted by molar-refractivity contribution is 7.89. The van der Waals surface area contributed by atoms with Gasteiger partial charge in [0, 0.05) is 36.3 Å². The van der Waals surface area contributed by atoms with Crippen molar-refractivity contribution in [3.8, 4) is 5.75 Å². The molecule has 0 fully saturated rings. The fraction of sp³-hybridized carbons (Fsp3) is 0.261. The van der Waals surface area contributed by atoms with Gasteiger partial charge in [0.1, 0.15) is 10.6 Å². The van der Waals surface area contributed by atoms with Gasteiger partial charge in [0.25, 0.3) is 0 Å². The highest BCUT2D eigenvalue weighted by atomic mass is 32.2. The average Bonchev–Trinajstić information content (AvgIpc) is 3.14. The molecule has 2 aromatic carbocycles. The summed E-state index contributed by atoms with van der Waals surface area (Å²) in [5.41, 5.74) is 4.01. The number of aryl methyl sites for hydroxylation is 1. The van der Waals surface area contributed by atoms with Gasteiger partial charge < -0.3 is 15.0 Å². The SMILES string of the molecule is CCNS(=O)(=O)c1cc(/C=C/C(=O)NCCc2c[nH]c3cc(C)ccc23)ccc1OC. The van der Waals surface area contributed by atoms with E-state index in [4.69, 9.17) is 4.74 Å². The summed E-state index contributed by atoms with van der Waals surface area (Å²) in [5, 5.41) is 4.02. The van der Waals surface area contributed by atoms with E-state index in [1.807, 2.05) is 13.1 Å². The van der Waals surface area contributed by atoms with Crippen molar-refractivity contribution in [2.24, 2.45) is 0 Å². The molecule has 0 unspecified atom stereocenters. The number of benzene rings is 2. The topological polar surface area (TPSA) is 100 Å². The maximum Gasteiger partial charge on any atom is 0.244 e. The first kappa shape index (κ1) is 22.6. The van der Waals surface area contributed by atoms with Crippen molar-refractivity contribution in [1.29, 1.82) is 0 Å². The van der Waals surface area contributed by atoms with Crippen LogP contribution >= 0.6 is 0 Å². The Kier molecular flexibility index (Phi) is 7.14. The molecule has 8 heteroatoms. The molecule has 0 spiro atoms. The first-order valence-corrected chi connectivity index (χ1v) is 11.5. The maximum absolute atomic E-state index is 12.4. The number of H-pyrrole nitrogens is 1. The molecule has 7 nitrogen and oxygen atoms in total. The fourth-order valence-electron chi connectivity index (χ4n) is 3.33. The van der Waals surface area contributed by atoms with Crippen LogP contribution in [0.1, 0.15) is 23.6 Å². The van der Waals surface area contributed by atoms with Gasteiger partial charge in [0.2, 0.25) is 15.9 Å². The van der Waals surface area contributed by atoms with Gasteiger partial charge in [0.15, 0.2) is 0 Å². The molecule has 0 aliphatic carbocycles. The maximum atomic E-state index is 12.4. The Morgan fingerprint density at radius 2 is 2.00 bits per heavy atom. The van der Waals surface area contributed by atoms with Crippen molar-refractivity contribution >= 4 is 32.9 Å². The molecule has 164 valence electrons. The van der Waals surface area contributed by atoms with Crippen molar-refractivity contribution in [2.45, 2.75) is 25.2 Å². The molecular weight excluding hydrogens is 414 g/mol. The van der Waals surface area contributed by atoms with Crippen LogP contribution in [-0.2, 0) is 21.2 Å². The lowest BCUT2D eigenvalue weighted by Crippen LogP contribution is -2.24. The molecule has 0 atom stereocenters. The first-order valence-electron chi connectivity index (χ1n) is 10.0. The number of nitrogens with one attached hydrogen (secondary N) is 3. The molecule has 1 amide bonds. The normalized spacial score (nSPS) is 11.8. The summed E-state index contributed by atoms with van der Waals surface area (Å²) in [6.45, 7) is 4.51. The Balaban J connectivity index is 1.63. The van der Waals surface area contributed by atoms with E-state index >= 15 is 0 Å². The quantitative estimate of drug-likeness (QED) is 0.444. The molecule has 0 bridgehead atoms. The molecular formula is C23H27N3O4S. The van der Waals surface area contributed by atoms with Crippen molar-refractivity contribution in [3.63, 3.8) is 0 Å². The average molecular weight is 442 g/mol. The van der Waals surface area contributed by atoms with E-state index in [0.717, 1.165) is 16.5 Å². The van der Waals surface area contributed by atoms with E-state index in [1.165, 1.54) is 24.8 Å². The third-order valence-electron chi connectivity index (χ3n) is 4.86. The number of carbonyl (C=O) groups excluding carboxylic acids is 1. The largest absolute Gasteiger partial charge is 0.495 e.